The molecular formula is C14H19NO2. The topological polar surface area (TPSA) is 41.5 Å². The number of fused-ring (bicyclic) bond motifs is 1. The van der Waals surface area contributed by atoms with Crippen molar-refractivity contribution >= 4 is 5.69 Å². The van der Waals surface area contributed by atoms with Gasteiger partial charge >= 0.3 is 0 Å². The lowest BCUT2D eigenvalue weighted by molar-refractivity contribution is -0.0598. The highest BCUT2D eigenvalue weighted by atomic mass is 16.5. The van der Waals surface area contributed by atoms with Crippen LogP contribution in [0.1, 0.15) is 18.4 Å². The molecule has 2 atom stereocenters. The van der Waals surface area contributed by atoms with E-state index in [0.29, 0.717) is 12.5 Å². The normalized spacial score (nSPS) is 26.1. The molecule has 0 saturated heterocycles. The van der Waals surface area contributed by atoms with Crippen LogP contribution in [0.5, 0.6) is 0 Å². The van der Waals surface area contributed by atoms with Crippen LogP contribution in [0.2, 0.25) is 0 Å². The van der Waals surface area contributed by atoms with Gasteiger partial charge < -0.3 is 15.2 Å². The summed E-state index contributed by atoms with van der Waals surface area (Å²) < 4.78 is 5.23. The molecule has 3 nitrogen and oxygen atoms in total. The largest absolute Gasteiger partial charge is 0.385 e. The summed E-state index contributed by atoms with van der Waals surface area (Å²) in [6.45, 7) is 0.420. The van der Waals surface area contributed by atoms with Gasteiger partial charge in [0, 0.05) is 12.8 Å². The van der Waals surface area contributed by atoms with Crippen molar-refractivity contribution in [2.24, 2.45) is 5.92 Å². The molecule has 17 heavy (non-hydrogen) atoms. The summed E-state index contributed by atoms with van der Waals surface area (Å²) >= 11 is 0. The average molecular weight is 233 g/mol. The van der Waals surface area contributed by atoms with Gasteiger partial charge in [-0.1, -0.05) is 18.2 Å². The van der Waals surface area contributed by atoms with Crippen molar-refractivity contribution in [3.8, 4) is 0 Å². The van der Waals surface area contributed by atoms with E-state index in [9.17, 15) is 5.11 Å². The molecule has 1 aromatic rings. The smallest absolute Gasteiger partial charge is 0.111 e. The Hall–Kier alpha value is -1.06. The summed E-state index contributed by atoms with van der Waals surface area (Å²) in [5.41, 5.74) is 1.74. The Morgan fingerprint density at radius 2 is 2.18 bits per heavy atom. The first-order valence-corrected chi connectivity index (χ1v) is 6.30. The Labute approximate surface area is 102 Å². The summed E-state index contributed by atoms with van der Waals surface area (Å²) in [4.78, 5) is 0. The zero-order chi connectivity index (χ0) is 11.9. The van der Waals surface area contributed by atoms with E-state index in [1.165, 1.54) is 5.56 Å². The van der Waals surface area contributed by atoms with E-state index < -0.39 is 5.60 Å². The first-order chi connectivity index (χ1) is 8.24. The molecule has 0 radical (unpaired) electrons. The van der Waals surface area contributed by atoms with Crippen LogP contribution in [0.3, 0.4) is 0 Å². The van der Waals surface area contributed by atoms with Crippen LogP contribution in [0.15, 0.2) is 24.3 Å². The Balaban J connectivity index is 1.82. The van der Waals surface area contributed by atoms with Crippen molar-refractivity contribution in [1.82, 2.24) is 0 Å². The predicted molar refractivity (Wildman–Crippen MR) is 67.1 cm³/mol. The SMILES string of the molecule is COCC(O)(C1CC1)C1Cc2ccccc2N1. The molecule has 1 saturated carbocycles. The maximum Gasteiger partial charge on any atom is 0.111 e. The number of benzene rings is 1. The lowest BCUT2D eigenvalue weighted by Crippen LogP contribution is -2.51. The van der Waals surface area contributed by atoms with Gasteiger partial charge in [-0.05, 0) is 36.8 Å². The fourth-order valence-corrected chi connectivity index (χ4v) is 2.92. The summed E-state index contributed by atoms with van der Waals surface area (Å²) in [6, 6.07) is 8.38. The second-order valence-electron chi connectivity index (χ2n) is 5.26. The Morgan fingerprint density at radius 1 is 1.41 bits per heavy atom. The molecule has 2 unspecified atom stereocenters. The van der Waals surface area contributed by atoms with Gasteiger partial charge in [0.25, 0.3) is 0 Å². The molecule has 3 rings (SSSR count). The fraction of sp³-hybridized carbons (Fsp3) is 0.571. The quantitative estimate of drug-likeness (QED) is 0.833. The van der Waals surface area contributed by atoms with E-state index >= 15 is 0 Å². The number of aliphatic hydroxyl groups is 1. The third-order valence-corrected chi connectivity index (χ3v) is 4.03. The van der Waals surface area contributed by atoms with Gasteiger partial charge in [0.2, 0.25) is 0 Å². The van der Waals surface area contributed by atoms with E-state index in [4.69, 9.17) is 4.74 Å². The molecule has 92 valence electrons. The number of rotatable bonds is 4. The van der Waals surface area contributed by atoms with E-state index in [0.717, 1.165) is 24.9 Å². The number of ether oxygens (including phenoxy) is 1. The number of nitrogens with one attached hydrogen (secondary N) is 1. The number of anilines is 1. The Morgan fingerprint density at radius 3 is 2.82 bits per heavy atom. The summed E-state index contributed by atoms with van der Waals surface area (Å²) in [5, 5.41) is 14.3. The standard InChI is InChI=1S/C14H19NO2/c1-17-9-14(16,11-6-7-11)13-8-10-4-2-3-5-12(10)15-13/h2-5,11,13,15-16H,6-9H2,1H3. The highest BCUT2D eigenvalue weighted by molar-refractivity contribution is 5.57. The molecule has 2 N–H and O–H groups in total. The summed E-state index contributed by atoms with van der Waals surface area (Å²) in [7, 11) is 1.66. The molecule has 1 fully saturated rings. The molecule has 1 aromatic carbocycles. The van der Waals surface area contributed by atoms with Crippen LogP contribution >= 0.6 is 0 Å². The van der Waals surface area contributed by atoms with Gasteiger partial charge in [0.1, 0.15) is 5.60 Å². The number of hydrogen-bond donors (Lipinski definition) is 2. The van der Waals surface area contributed by atoms with Gasteiger partial charge in [0.05, 0.1) is 12.6 Å². The fourth-order valence-electron chi connectivity index (χ4n) is 2.92. The third kappa shape index (κ3) is 1.83. The molecule has 1 aliphatic carbocycles. The summed E-state index contributed by atoms with van der Waals surface area (Å²) in [6.07, 6.45) is 3.13. The van der Waals surface area contributed by atoms with Crippen molar-refractivity contribution in [1.29, 1.82) is 0 Å². The average Bonchev–Trinajstić information content (AvgIpc) is 3.08. The minimum absolute atomic E-state index is 0.0901. The van der Waals surface area contributed by atoms with E-state index in [2.05, 4.69) is 23.5 Å². The third-order valence-electron chi connectivity index (χ3n) is 4.03. The first kappa shape index (κ1) is 11.1. The minimum Gasteiger partial charge on any atom is -0.385 e. The lowest BCUT2D eigenvalue weighted by atomic mass is 9.87. The molecule has 0 aromatic heterocycles. The molecule has 0 amide bonds. The van der Waals surface area contributed by atoms with Crippen LogP contribution in [-0.4, -0.2) is 30.5 Å². The van der Waals surface area contributed by atoms with Gasteiger partial charge in [-0.3, -0.25) is 0 Å². The Bertz CT molecular complexity index is 391. The van der Waals surface area contributed by atoms with Crippen LogP contribution in [-0.2, 0) is 11.2 Å². The number of hydrogen-bond acceptors (Lipinski definition) is 3. The van der Waals surface area contributed by atoms with Crippen molar-refractivity contribution in [2.75, 3.05) is 19.0 Å². The minimum atomic E-state index is -0.715. The van der Waals surface area contributed by atoms with E-state index in [-0.39, 0.29) is 6.04 Å². The van der Waals surface area contributed by atoms with Crippen molar-refractivity contribution in [3.05, 3.63) is 29.8 Å². The molecular weight excluding hydrogens is 214 g/mol. The zero-order valence-corrected chi connectivity index (χ0v) is 10.1. The van der Waals surface area contributed by atoms with E-state index in [1.54, 1.807) is 7.11 Å². The second-order valence-corrected chi connectivity index (χ2v) is 5.26. The van der Waals surface area contributed by atoms with Crippen LogP contribution in [0.4, 0.5) is 5.69 Å². The number of methoxy groups -OCH3 is 1. The van der Waals surface area contributed by atoms with Crippen molar-refractivity contribution < 1.29 is 9.84 Å². The van der Waals surface area contributed by atoms with Gasteiger partial charge in [0.15, 0.2) is 0 Å². The second kappa shape index (κ2) is 4.00. The van der Waals surface area contributed by atoms with Gasteiger partial charge in [-0.25, -0.2) is 0 Å². The molecule has 2 aliphatic rings. The monoisotopic (exact) mass is 233 g/mol. The maximum atomic E-state index is 10.8. The van der Waals surface area contributed by atoms with Crippen LogP contribution in [0.25, 0.3) is 0 Å². The molecule has 0 spiro atoms. The zero-order valence-electron chi connectivity index (χ0n) is 10.1. The maximum absolute atomic E-state index is 10.8. The highest BCUT2D eigenvalue weighted by Crippen LogP contribution is 2.45. The van der Waals surface area contributed by atoms with Crippen molar-refractivity contribution in [3.63, 3.8) is 0 Å². The highest BCUT2D eigenvalue weighted by Gasteiger charge is 2.50. The van der Waals surface area contributed by atoms with Gasteiger partial charge in [-0.15, -0.1) is 0 Å². The summed E-state index contributed by atoms with van der Waals surface area (Å²) in [5.74, 6) is 0.397. The predicted octanol–water partition coefficient (Wildman–Crippen LogP) is 1.81. The van der Waals surface area contributed by atoms with Crippen LogP contribution in [0, 0.1) is 5.92 Å². The van der Waals surface area contributed by atoms with Crippen LogP contribution < -0.4 is 5.32 Å². The number of para-hydroxylation sites is 1. The molecule has 3 heteroatoms. The van der Waals surface area contributed by atoms with E-state index in [1.807, 2.05) is 6.07 Å². The molecule has 0 bridgehead atoms. The van der Waals surface area contributed by atoms with Gasteiger partial charge in [-0.2, -0.15) is 0 Å². The Kier molecular flexibility index (Phi) is 2.60. The molecule has 1 heterocycles. The first-order valence-electron chi connectivity index (χ1n) is 6.30. The lowest BCUT2D eigenvalue weighted by Gasteiger charge is -2.34. The van der Waals surface area contributed by atoms with Crippen molar-refractivity contribution in [2.45, 2.75) is 30.9 Å². The molecule has 1 aliphatic heterocycles.